The third-order valence-corrected chi connectivity index (χ3v) is 3.57. The average Bonchev–Trinajstić information content (AvgIpc) is 2.71. The van der Waals surface area contributed by atoms with Gasteiger partial charge in [0.2, 0.25) is 0 Å². The van der Waals surface area contributed by atoms with Crippen LogP contribution in [-0.2, 0) is 0 Å². The normalized spacial score (nSPS) is 21.0. The van der Waals surface area contributed by atoms with Gasteiger partial charge in [-0.1, -0.05) is 0 Å². The molecule has 0 aliphatic carbocycles. The highest BCUT2D eigenvalue weighted by Gasteiger charge is 2.18. The Morgan fingerprint density at radius 2 is 2.43 bits per heavy atom. The molecule has 0 radical (unpaired) electrons. The van der Waals surface area contributed by atoms with Gasteiger partial charge in [-0.3, -0.25) is 4.98 Å². The van der Waals surface area contributed by atoms with E-state index < -0.39 is 5.97 Å². The third-order valence-electron chi connectivity index (χ3n) is 2.41. The van der Waals surface area contributed by atoms with Crippen LogP contribution in [-0.4, -0.2) is 27.6 Å². The van der Waals surface area contributed by atoms with Gasteiger partial charge in [-0.05, 0) is 29.7 Å². The zero-order chi connectivity index (χ0) is 9.97. The maximum atomic E-state index is 10.7. The van der Waals surface area contributed by atoms with Crippen molar-refractivity contribution in [3.63, 3.8) is 0 Å². The predicted octanol–water partition coefficient (Wildman–Crippen LogP) is 2.00. The van der Waals surface area contributed by atoms with Crippen molar-refractivity contribution in [1.82, 2.24) is 4.98 Å². The number of aromatic carboxylic acids is 1. The van der Waals surface area contributed by atoms with E-state index in [1.165, 1.54) is 11.9 Å². The zero-order valence-electron chi connectivity index (χ0n) is 7.64. The monoisotopic (exact) mass is 209 g/mol. The number of carboxylic acids is 1. The van der Waals surface area contributed by atoms with Crippen LogP contribution >= 0.6 is 11.8 Å². The molecule has 2 rings (SSSR count). The van der Waals surface area contributed by atoms with Crippen molar-refractivity contribution in [3.05, 3.63) is 29.6 Å². The predicted molar refractivity (Wildman–Crippen MR) is 55.9 cm³/mol. The minimum atomic E-state index is -0.898. The van der Waals surface area contributed by atoms with Gasteiger partial charge in [-0.15, -0.1) is 0 Å². The van der Waals surface area contributed by atoms with E-state index in [-0.39, 0.29) is 0 Å². The minimum Gasteiger partial charge on any atom is -0.478 e. The molecule has 0 aromatic carbocycles. The first-order valence-electron chi connectivity index (χ1n) is 4.53. The van der Waals surface area contributed by atoms with Gasteiger partial charge < -0.3 is 5.11 Å². The van der Waals surface area contributed by atoms with E-state index >= 15 is 0 Å². The molecule has 2 heterocycles. The number of hydrogen-bond donors (Lipinski definition) is 1. The second-order valence-electron chi connectivity index (χ2n) is 3.37. The molecule has 0 amide bonds. The summed E-state index contributed by atoms with van der Waals surface area (Å²) in [5, 5.41) is 8.81. The summed E-state index contributed by atoms with van der Waals surface area (Å²) < 4.78 is 0. The first kappa shape index (κ1) is 9.52. The van der Waals surface area contributed by atoms with Crippen LogP contribution < -0.4 is 0 Å². The Morgan fingerprint density at radius 3 is 3.07 bits per heavy atom. The van der Waals surface area contributed by atoms with Crippen LogP contribution in [0.1, 0.15) is 28.3 Å². The van der Waals surface area contributed by atoms with Gasteiger partial charge in [-0.2, -0.15) is 11.8 Å². The highest BCUT2D eigenvalue weighted by atomic mass is 32.2. The molecule has 74 valence electrons. The number of nitrogens with zero attached hydrogens (tertiary/aromatic N) is 1. The molecule has 1 aromatic rings. The Hall–Kier alpha value is -1.03. The SMILES string of the molecule is O=C(O)c1cncc(C2CCSC2)c1. The number of aromatic nitrogens is 1. The van der Waals surface area contributed by atoms with Crippen LogP contribution in [0, 0.1) is 0 Å². The maximum Gasteiger partial charge on any atom is 0.337 e. The van der Waals surface area contributed by atoms with Crippen LogP contribution in [0.4, 0.5) is 0 Å². The summed E-state index contributed by atoms with van der Waals surface area (Å²) in [6.07, 6.45) is 4.31. The largest absolute Gasteiger partial charge is 0.478 e. The number of rotatable bonds is 2. The molecule has 1 unspecified atom stereocenters. The summed E-state index contributed by atoms with van der Waals surface area (Å²) in [6, 6.07) is 1.74. The molecule has 1 fully saturated rings. The number of thioether (sulfide) groups is 1. The lowest BCUT2D eigenvalue weighted by molar-refractivity contribution is 0.0696. The van der Waals surface area contributed by atoms with Gasteiger partial charge in [0.1, 0.15) is 0 Å². The lowest BCUT2D eigenvalue weighted by atomic mass is 9.99. The van der Waals surface area contributed by atoms with Crippen molar-refractivity contribution in [1.29, 1.82) is 0 Å². The summed E-state index contributed by atoms with van der Waals surface area (Å²) in [6.45, 7) is 0. The van der Waals surface area contributed by atoms with E-state index in [0.29, 0.717) is 11.5 Å². The third kappa shape index (κ3) is 1.90. The first-order chi connectivity index (χ1) is 6.77. The van der Waals surface area contributed by atoms with Crippen molar-refractivity contribution in [3.8, 4) is 0 Å². The molecule has 1 saturated heterocycles. The Morgan fingerprint density at radius 1 is 1.57 bits per heavy atom. The van der Waals surface area contributed by atoms with Gasteiger partial charge in [0.05, 0.1) is 5.56 Å². The van der Waals surface area contributed by atoms with E-state index in [0.717, 1.165) is 17.7 Å². The Labute approximate surface area is 86.5 Å². The summed E-state index contributed by atoms with van der Waals surface area (Å²) in [7, 11) is 0. The first-order valence-corrected chi connectivity index (χ1v) is 5.69. The van der Waals surface area contributed by atoms with Crippen LogP contribution in [0.2, 0.25) is 0 Å². The van der Waals surface area contributed by atoms with E-state index in [9.17, 15) is 4.79 Å². The number of carboxylic acid groups (broad SMARTS) is 1. The molecule has 0 spiro atoms. The fourth-order valence-electron chi connectivity index (χ4n) is 1.60. The van der Waals surface area contributed by atoms with E-state index in [2.05, 4.69) is 4.98 Å². The Balaban J connectivity index is 2.25. The van der Waals surface area contributed by atoms with Gasteiger partial charge in [-0.25, -0.2) is 4.79 Å². The molecular formula is C10H11NO2S. The molecule has 4 heteroatoms. The lowest BCUT2D eigenvalue weighted by Crippen LogP contribution is -2.02. The van der Waals surface area contributed by atoms with Crippen molar-refractivity contribution >= 4 is 17.7 Å². The molecule has 0 saturated carbocycles. The second-order valence-corrected chi connectivity index (χ2v) is 4.52. The number of carbonyl (C=O) groups is 1. The Bertz CT molecular complexity index is 348. The topological polar surface area (TPSA) is 50.2 Å². The fourth-order valence-corrected chi connectivity index (χ4v) is 2.86. The molecule has 1 aliphatic heterocycles. The van der Waals surface area contributed by atoms with Crippen molar-refractivity contribution in [2.24, 2.45) is 0 Å². The molecule has 1 aliphatic rings. The van der Waals surface area contributed by atoms with Crippen molar-refractivity contribution in [2.75, 3.05) is 11.5 Å². The average molecular weight is 209 g/mol. The van der Waals surface area contributed by atoms with E-state index in [4.69, 9.17) is 5.11 Å². The smallest absolute Gasteiger partial charge is 0.337 e. The second kappa shape index (κ2) is 4.00. The highest BCUT2D eigenvalue weighted by Crippen LogP contribution is 2.32. The zero-order valence-corrected chi connectivity index (χ0v) is 8.46. The van der Waals surface area contributed by atoms with Gasteiger partial charge >= 0.3 is 5.97 Å². The molecule has 1 aromatic heterocycles. The summed E-state index contributed by atoms with van der Waals surface area (Å²) >= 11 is 1.92. The van der Waals surface area contributed by atoms with E-state index in [1.807, 2.05) is 11.8 Å². The minimum absolute atomic E-state index is 0.291. The fraction of sp³-hybridized carbons (Fsp3) is 0.400. The van der Waals surface area contributed by atoms with Crippen LogP contribution in [0.15, 0.2) is 18.5 Å². The molecule has 3 nitrogen and oxygen atoms in total. The molecule has 14 heavy (non-hydrogen) atoms. The number of pyridine rings is 1. The summed E-state index contributed by atoms with van der Waals surface area (Å²) in [5.74, 6) is 1.85. The van der Waals surface area contributed by atoms with Crippen molar-refractivity contribution < 1.29 is 9.90 Å². The molecular weight excluding hydrogens is 198 g/mol. The molecule has 0 bridgehead atoms. The van der Waals surface area contributed by atoms with Crippen LogP contribution in [0.25, 0.3) is 0 Å². The molecule has 1 atom stereocenters. The van der Waals surface area contributed by atoms with Gasteiger partial charge in [0.15, 0.2) is 0 Å². The maximum absolute atomic E-state index is 10.7. The summed E-state index contributed by atoms with van der Waals surface area (Å²) in [5.41, 5.74) is 1.36. The number of hydrogen-bond acceptors (Lipinski definition) is 3. The molecule has 1 N–H and O–H groups in total. The lowest BCUT2D eigenvalue weighted by Gasteiger charge is -2.07. The van der Waals surface area contributed by atoms with Crippen LogP contribution in [0.5, 0.6) is 0 Å². The Kier molecular flexibility index (Phi) is 2.72. The van der Waals surface area contributed by atoms with E-state index in [1.54, 1.807) is 12.3 Å². The van der Waals surface area contributed by atoms with Gasteiger partial charge in [0, 0.05) is 18.1 Å². The highest BCUT2D eigenvalue weighted by molar-refractivity contribution is 7.99. The standard InChI is InChI=1S/C10H11NO2S/c12-10(13)9-3-8(4-11-5-9)7-1-2-14-6-7/h3-5,7H,1-2,6H2,(H,12,13). The van der Waals surface area contributed by atoms with Crippen LogP contribution in [0.3, 0.4) is 0 Å². The quantitative estimate of drug-likeness (QED) is 0.809. The van der Waals surface area contributed by atoms with Gasteiger partial charge in [0.25, 0.3) is 0 Å². The van der Waals surface area contributed by atoms with Crippen molar-refractivity contribution in [2.45, 2.75) is 12.3 Å². The summed E-state index contributed by atoms with van der Waals surface area (Å²) in [4.78, 5) is 14.7.